The fourth-order valence-electron chi connectivity index (χ4n) is 4.26. The van der Waals surface area contributed by atoms with Gasteiger partial charge in [-0.2, -0.15) is 13.2 Å². The van der Waals surface area contributed by atoms with E-state index in [0.29, 0.717) is 36.2 Å². The molecule has 2 aromatic heterocycles. The number of rotatable bonds is 8. The topological polar surface area (TPSA) is 96.5 Å². The first-order valence-electron chi connectivity index (χ1n) is 12.6. The van der Waals surface area contributed by atoms with Gasteiger partial charge in [0.15, 0.2) is 5.01 Å². The lowest BCUT2D eigenvalue weighted by Crippen LogP contribution is -2.35. The molecule has 2 amide bonds. The number of pyridine rings is 1. The molecule has 2 fully saturated rings. The first-order valence-corrected chi connectivity index (χ1v) is 13.4. The number of amides is 2. The number of hydrogen-bond acceptors (Lipinski definition) is 7. The molecule has 4 rings (SSSR count). The molecule has 2 N–H and O–H groups in total. The first kappa shape index (κ1) is 30.7. The summed E-state index contributed by atoms with van der Waals surface area (Å²) in [5.41, 5.74) is -0.111. The number of halogens is 5. The summed E-state index contributed by atoms with van der Waals surface area (Å²) in [6.45, 7) is 6.89. The maximum absolute atomic E-state index is 13.7. The van der Waals surface area contributed by atoms with Gasteiger partial charge in [0.25, 0.3) is 12.3 Å². The average Bonchev–Trinajstić information content (AvgIpc) is 3.63. The summed E-state index contributed by atoms with van der Waals surface area (Å²) in [5, 5.41) is 5.04. The van der Waals surface area contributed by atoms with Crippen molar-refractivity contribution in [2.75, 3.05) is 25.1 Å². The lowest BCUT2D eigenvalue weighted by atomic mass is 10.1. The van der Waals surface area contributed by atoms with Crippen molar-refractivity contribution < 1.29 is 36.3 Å². The molecule has 3 unspecified atom stereocenters. The maximum Gasteiger partial charge on any atom is 0.408 e. The fourth-order valence-corrected chi connectivity index (χ4v) is 5.27. The van der Waals surface area contributed by atoms with Crippen molar-refractivity contribution in [3.8, 4) is 10.4 Å². The summed E-state index contributed by atoms with van der Waals surface area (Å²) < 4.78 is 71.6. The van der Waals surface area contributed by atoms with Gasteiger partial charge >= 0.3 is 6.18 Å². The van der Waals surface area contributed by atoms with Crippen molar-refractivity contribution in [3.05, 3.63) is 28.5 Å². The van der Waals surface area contributed by atoms with Crippen molar-refractivity contribution in [2.24, 2.45) is 0 Å². The van der Waals surface area contributed by atoms with E-state index in [1.165, 1.54) is 19.8 Å². The zero-order valence-corrected chi connectivity index (χ0v) is 22.7. The van der Waals surface area contributed by atoms with E-state index in [-0.39, 0.29) is 28.9 Å². The molecule has 0 spiro atoms. The number of likely N-dealkylation sites (tertiary alicyclic amines) is 1. The van der Waals surface area contributed by atoms with Crippen molar-refractivity contribution in [3.63, 3.8) is 0 Å². The number of thiazole rings is 1. The third kappa shape index (κ3) is 8.07. The Morgan fingerprint density at radius 2 is 2.08 bits per heavy atom. The van der Waals surface area contributed by atoms with E-state index in [1.54, 1.807) is 6.92 Å². The van der Waals surface area contributed by atoms with Gasteiger partial charge in [0.1, 0.15) is 11.9 Å². The van der Waals surface area contributed by atoms with Crippen molar-refractivity contribution in [2.45, 2.75) is 77.2 Å². The van der Waals surface area contributed by atoms with E-state index in [4.69, 9.17) is 4.74 Å². The summed E-state index contributed by atoms with van der Waals surface area (Å²) in [6, 6.07) is -0.642. The maximum atomic E-state index is 13.7. The molecular formula is C25H32F5N5O3S. The van der Waals surface area contributed by atoms with E-state index in [9.17, 15) is 31.5 Å². The van der Waals surface area contributed by atoms with E-state index < -0.39 is 30.1 Å². The third-order valence-corrected chi connectivity index (χ3v) is 7.73. The number of nitrogens with one attached hydrogen (secondary N) is 2. The summed E-state index contributed by atoms with van der Waals surface area (Å²) in [7, 11) is 0. The Bertz CT molecular complexity index is 1120. The minimum absolute atomic E-state index is 0.0267. The van der Waals surface area contributed by atoms with Gasteiger partial charge in [0.05, 0.1) is 23.2 Å². The number of ether oxygens (including phenoxy) is 1. The molecule has 2 aliphatic rings. The van der Waals surface area contributed by atoms with Gasteiger partial charge in [0, 0.05) is 36.5 Å². The highest BCUT2D eigenvalue weighted by molar-refractivity contribution is 7.17. The van der Waals surface area contributed by atoms with E-state index >= 15 is 0 Å². The predicted molar refractivity (Wildman–Crippen MR) is 137 cm³/mol. The van der Waals surface area contributed by atoms with Crippen LogP contribution in [-0.4, -0.2) is 71.2 Å². The standard InChI is InChI=1S/C19H21F5N4O2S.C6H11NO/c1-3-13(19(22,23)24)28-14-6-11(16(20)21)12(7-25-14)15-9(2)26-18(31-15)17(29)27-10-4-5-30-8-10;1-6-3-2-4-7(6)5-8/h6-7,10,13,16H,3-5,8H2,1-2H3,(H,25,28)(H,27,29);5-6H,2-4H2,1H3. The van der Waals surface area contributed by atoms with Gasteiger partial charge in [-0.3, -0.25) is 9.59 Å². The van der Waals surface area contributed by atoms with E-state index in [2.05, 4.69) is 27.5 Å². The quantitative estimate of drug-likeness (QED) is 0.325. The molecule has 8 nitrogen and oxygen atoms in total. The Morgan fingerprint density at radius 3 is 2.59 bits per heavy atom. The normalized spacial score (nSPS) is 20.0. The number of carbonyl (C=O) groups is 2. The van der Waals surface area contributed by atoms with Gasteiger partial charge in [-0.05, 0) is 45.6 Å². The van der Waals surface area contributed by atoms with Crippen molar-refractivity contribution in [1.82, 2.24) is 20.2 Å². The second-order valence-corrected chi connectivity index (χ2v) is 10.4. The highest BCUT2D eigenvalue weighted by atomic mass is 32.1. The molecule has 0 radical (unpaired) electrons. The van der Waals surface area contributed by atoms with Crippen molar-refractivity contribution in [1.29, 1.82) is 0 Å². The van der Waals surface area contributed by atoms with Crippen LogP contribution in [0.4, 0.5) is 27.8 Å². The number of carbonyl (C=O) groups excluding carboxylic acids is 2. The number of hydrogen-bond donors (Lipinski definition) is 2. The Hall–Kier alpha value is -2.87. The average molecular weight is 578 g/mol. The molecule has 2 saturated heterocycles. The number of aromatic nitrogens is 2. The molecule has 3 atom stereocenters. The van der Waals surface area contributed by atoms with Gasteiger partial charge in [-0.1, -0.05) is 6.92 Å². The summed E-state index contributed by atoms with van der Waals surface area (Å²) in [6.07, 6.45) is -2.72. The minimum Gasteiger partial charge on any atom is -0.379 e. The molecule has 2 aliphatic heterocycles. The summed E-state index contributed by atoms with van der Waals surface area (Å²) in [4.78, 5) is 32.8. The fraction of sp³-hybridized carbons (Fsp3) is 0.600. The number of anilines is 1. The third-order valence-electron chi connectivity index (χ3n) is 6.54. The number of aryl methyl sites for hydroxylation is 1. The highest BCUT2D eigenvalue weighted by Gasteiger charge is 2.38. The molecule has 14 heteroatoms. The summed E-state index contributed by atoms with van der Waals surface area (Å²) in [5.74, 6) is -0.736. The Morgan fingerprint density at radius 1 is 1.33 bits per heavy atom. The lowest BCUT2D eigenvalue weighted by molar-refractivity contribution is -0.142. The van der Waals surface area contributed by atoms with Crippen LogP contribution in [0.15, 0.2) is 12.3 Å². The highest BCUT2D eigenvalue weighted by Crippen LogP contribution is 2.38. The molecule has 216 valence electrons. The molecule has 0 bridgehead atoms. The first-order chi connectivity index (χ1) is 18.4. The van der Waals surface area contributed by atoms with Crippen LogP contribution in [0, 0.1) is 6.92 Å². The van der Waals surface area contributed by atoms with E-state index in [1.807, 2.05) is 4.90 Å². The Balaban J connectivity index is 0.000000449. The summed E-state index contributed by atoms with van der Waals surface area (Å²) >= 11 is 0.926. The van der Waals surface area contributed by atoms with Crippen LogP contribution in [0.3, 0.4) is 0 Å². The van der Waals surface area contributed by atoms with Gasteiger partial charge < -0.3 is 20.3 Å². The van der Waals surface area contributed by atoms with Gasteiger partial charge in [0.2, 0.25) is 6.41 Å². The van der Waals surface area contributed by atoms with Crippen LogP contribution in [-0.2, 0) is 9.53 Å². The van der Waals surface area contributed by atoms with Crippen LogP contribution < -0.4 is 10.6 Å². The monoisotopic (exact) mass is 577 g/mol. The van der Waals surface area contributed by atoms with Crippen LogP contribution in [0.25, 0.3) is 10.4 Å². The Labute approximate surface area is 227 Å². The lowest BCUT2D eigenvalue weighted by Gasteiger charge is -2.21. The van der Waals surface area contributed by atoms with Crippen molar-refractivity contribution >= 4 is 29.5 Å². The van der Waals surface area contributed by atoms with E-state index in [0.717, 1.165) is 36.6 Å². The largest absolute Gasteiger partial charge is 0.408 e. The molecule has 0 aromatic carbocycles. The zero-order chi connectivity index (χ0) is 28.7. The molecule has 0 saturated carbocycles. The SMILES string of the molecule is CC1CCCN1C=O.CCC(Nc1cc(C(F)F)c(-c2sc(C(=O)NC3CCOC3)nc2C)cn1)C(F)(F)F. The van der Waals surface area contributed by atoms with Crippen LogP contribution in [0.2, 0.25) is 0 Å². The molecule has 2 aromatic rings. The van der Waals surface area contributed by atoms with Crippen LogP contribution >= 0.6 is 11.3 Å². The molecule has 39 heavy (non-hydrogen) atoms. The predicted octanol–water partition coefficient (Wildman–Crippen LogP) is 5.35. The van der Waals surface area contributed by atoms with Crippen LogP contribution in [0.5, 0.6) is 0 Å². The smallest absolute Gasteiger partial charge is 0.379 e. The number of alkyl halides is 5. The Kier molecular flexibility index (Phi) is 10.6. The molecule has 4 heterocycles. The second-order valence-electron chi connectivity index (χ2n) is 9.41. The van der Waals surface area contributed by atoms with Gasteiger partial charge in [-0.15, -0.1) is 11.3 Å². The second kappa shape index (κ2) is 13.5. The minimum atomic E-state index is -4.54. The molecular weight excluding hydrogens is 545 g/mol. The number of nitrogens with zero attached hydrogens (tertiary/aromatic N) is 3. The van der Waals surface area contributed by atoms with Gasteiger partial charge in [-0.25, -0.2) is 18.7 Å². The zero-order valence-electron chi connectivity index (χ0n) is 21.9. The molecule has 0 aliphatic carbocycles. The van der Waals surface area contributed by atoms with Crippen LogP contribution in [0.1, 0.15) is 67.0 Å².